The highest BCUT2D eigenvalue weighted by Crippen LogP contribution is 2.34. The van der Waals surface area contributed by atoms with E-state index in [2.05, 4.69) is 20.6 Å². The zero-order valence-corrected chi connectivity index (χ0v) is 14.3. The molecule has 0 unspecified atom stereocenters. The van der Waals surface area contributed by atoms with Crippen LogP contribution in [0.2, 0.25) is 5.02 Å². The number of hydrogen-bond acceptors (Lipinski definition) is 5. The number of hydrogen-bond donors (Lipinski definition) is 2. The van der Waals surface area contributed by atoms with Crippen LogP contribution >= 0.6 is 11.6 Å². The van der Waals surface area contributed by atoms with Crippen molar-refractivity contribution < 1.29 is 17.6 Å². The molecule has 0 aliphatic heterocycles. The summed E-state index contributed by atoms with van der Waals surface area (Å²) in [5.41, 5.74) is -0.0598. The van der Waals surface area contributed by atoms with Gasteiger partial charge in [0, 0.05) is 11.8 Å². The second-order valence-corrected chi connectivity index (χ2v) is 5.88. The lowest BCUT2D eigenvalue weighted by Crippen LogP contribution is -2.07. The van der Waals surface area contributed by atoms with Crippen molar-refractivity contribution in [3.63, 3.8) is 0 Å². The first-order valence-corrected chi connectivity index (χ1v) is 7.95. The van der Waals surface area contributed by atoms with Crippen LogP contribution in [0, 0.1) is 6.92 Å². The third-order valence-electron chi connectivity index (χ3n) is 3.41. The van der Waals surface area contributed by atoms with Gasteiger partial charge >= 0.3 is 6.18 Å². The van der Waals surface area contributed by atoms with Gasteiger partial charge in [-0.05, 0) is 37.3 Å². The molecule has 0 saturated heterocycles. The van der Waals surface area contributed by atoms with Crippen molar-refractivity contribution in [2.75, 3.05) is 10.6 Å². The Hall–Kier alpha value is -2.74. The SMILES string of the molecule is Cc1cc(Nc2cc(C(F)(F)F)ccc2Cl)nc(NCc2ccco2)n1. The monoisotopic (exact) mass is 382 g/mol. The maximum Gasteiger partial charge on any atom is 0.416 e. The molecule has 26 heavy (non-hydrogen) atoms. The molecule has 3 rings (SSSR count). The van der Waals surface area contributed by atoms with Gasteiger partial charge in [-0.15, -0.1) is 0 Å². The quantitative estimate of drug-likeness (QED) is 0.618. The Morgan fingerprint density at radius 2 is 1.96 bits per heavy atom. The number of halogens is 4. The van der Waals surface area contributed by atoms with Crippen molar-refractivity contribution >= 4 is 29.1 Å². The van der Waals surface area contributed by atoms with Crippen LogP contribution in [-0.4, -0.2) is 9.97 Å². The number of benzene rings is 1. The molecule has 136 valence electrons. The first kappa shape index (κ1) is 18.1. The maximum absolute atomic E-state index is 12.9. The highest BCUT2D eigenvalue weighted by molar-refractivity contribution is 6.33. The lowest BCUT2D eigenvalue weighted by atomic mass is 10.2. The van der Waals surface area contributed by atoms with E-state index >= 15 is 0 Å². The van der Waals surface area contributed by atoms with Crippen molar-refractivity contribution in [2.24, 2.45) is 0 Å². The highest BCUT2D eigenvalue weighted by Gasteiger charge is 2.31. The van der Waals surface area contributed by atoms with Crippen LogP contribution in [-0.2, 0) is 12.7 Å². The van der Waals surface area contributed by atoms with Crippen LogP contribution in [0.3, 0.4) is 0 Å². The zero-order valence-electron chi connectivity index (χ0n) is 13.6. The summed E-state index contributed by atoms with van der Waals surface area (Å²) in [7, 11) is 0. The van der Waals surface area contributed by atoms with Crippen molar-refractivity contribution in [2.45, 2.75) is 19.6 Å². The molecule has 2 N–H and O–H groups in total. The average Bonchev–Trinajstić information content (AvgIpc) is 3.07. The van der Waals surface area contributed by atoms with E-state index in [9.17, 15) is 13.2 Å². The molecule has 0 fully saturated rings. The predicted molar refractivity (Wildman–Crippen MR) is 92.5 cm³/mol. The zero-order chi connectivity index (χ0) is 18.7. The first-order valence-electron chi connectivity index (χ1n) is 7.57. The van der Waals surface area contributed by atoms with Gasteiger partial charge in [-0.1, -0.05) is 11.6 Å². The van der Waals surface area contributed by atoms with E-state index in [4.69, 9.17) is 16.0 Å². The molecule has 0 saturated carbocycles. The Balaban J connectivity index is 1.81. The summed E-state index contributed by atoms with van der Waals surface area (Å²) in [4.78, 5) is 8.48. The smallest absolute Gasteiger partial charge is 0.416 e. The minimum Gasteiger partial charge on any atom is -0.467 e. The number of alkyl halides is 3. The Bertz CT molecular complexity index is 898. The molecule has 0 atom stereocenters. The molecule has 2 aromatic heterocycles. The topological polar surface area (TPSA) is 63.0 Å². The van der Waals surface area contributed by atoms with Crippen LogP contribution < -0.4 is 10.6 Å². The van der Waals surface area contributed by atoms with E-state index in [0.717, 1.165) is 12.1 Å². The summed E-state index contributed by atoms with van der Waals surface area (Å²) in [5.74, 6) is 1.33. The number of nitrogens with one attached hydrogen (secondary N) is 2. The summed E-state index contributed by atoms with van der Waals surface area (Å²) in [5, 5.41) is 5.96. The fourth-order valence-electron chi connectivity index (χ4n) is 2.23. The van der Waals surface area contributed by atoms with E-state index in [0.29, 0.717) is 29.8 Å². The number of nitrogens with zero attached hydrogens (tertiary/aromatic N) is 2. The van der Waals surface area contributed by atoms with Gasteiger partial charge in [0.05, 0.1) is 29.1 Å². The molecule has 2 heterocycles. The van der Waals surface area contributed by atoms with E-state index < -0.39 is 11.7 Å². The number of aromatic nitrogens is 2. The number of rotatable bonds is 5. The van der Waals surface area contributed by atoms with E-state index in [1.54, 1.807) is 31.4 Å². The molecule has 3 aromatic rings. The molecule has 0 aliphatic rings. The minimum atomic E-state index is -4.46. The van der Waals surface area contributed by atoms with E-state index in [1.165, 1.54) is 6.07 Å². The lowest BCUT2D eigenvalue weighted by molar-refractivity contribution is -0.137. The van der Waals surface area contributed by atoms with Gasteiger partial charge in [0.25, 0.3) is 0 Å². The summed E-state index contributed by atoms with van der Waals surface area (Å²) in [6.07, 6.45) is -2.91. The Morgan fingerprint density at radius 3 is 2.65 bits per heavy atom. The molecule has 0 radical (unpaired) electrons. The summed E-state index contributed by atoms with van der Waals surface area (Å²) < 4.78 is 43.9. The van der Waals surface area contributed by atoms with Crippen LogP contribution in [0.25, 0.3) is 0 Å². The number of furan rings is 1. The molecule has 5 nitrogen and oxygen atoms in total. The molecular formula is C17H14ClF3N4O. The molecule has 0 bridgehead atoms. The second kappa shape index (κ2) is 7.25. The summed E-state index contributed by atoms with van der Waals surface area (Å²) in [6.45, 7) is 2.12. The fraction of sp³-hybridized carbons (Fsp3) is 0.176. The van der Waals surface area contributed by atoms with Crippen LogP contribution in [0.5, 0.6) is 0 Å². The van der Waals surface area contributed by atoms with Gasteiger partial charge in [0.15, 0.2) is 0 Å². The van der Waals surface area contributed by atoms with Crippen molar-refractivity contribution in [1.82, 2.24) is 9.97 Å². The molecular weight excluding hydrogens is 369 g/mol. The van der Waals surface area contributed by atoms with Gasteiger partial charge in [0.1, 0.15) is 11.6 Å². The van der Waals surface area contributed by atoms with Crippen molar-refractivity contribution in [3.05, 3.63) is 64.7 Å². The molecule has 0 aliphatic carbocycles. The van der Waals surface area contributed by atoms with Crippen LogP contribution in [0.15, 0.2) is 47.1 Å². The largest absolute Gasteiger partial charge is 0.467 e. The fourth-order valence-corrected chi connectivity index (χ4v) is 2.39. The van der Waals surface area contributed by atoms with E-state index in [-0.39, 0.29) is 10.7 Å². The summed E-state index contributed by atoms with van der Waals surface area (Å²) >= 11 is 6.00. The van der Waals surface area contributed by atoms with Gasteiger partial charge in [0.2, 0.25) is 5.95 Å². The molecule has 9 heteroatoms. The Morgan fingerprint density at radius 1 is 1.15 bits per heavy atom. The molecule has 0 spiro atoms. The van der Waals surface area contributed by atoms with Crippen molar-refractivity contribution in [1.29, 1.82) is 0 Å². The van der Waals surface area contributed by atoms with Crippen LogP contribution in [0.1, 0.15) is 17.0 Å². The van der Waals surface area contributed by atoms with Crippen LogP contribution in [0.4, 0.5) is 30.6 Å². The third kappa shape index (κ3) is 4.45. The lowest BCUT2D eigenvalue weighted by Gasteiger charge is -2.13. The third-order valence-corrected chi connectivity index (χ3v) is 3.74. The Kier molecular flexibility index (Phi) is 5.03. The van der Waals surface area contributed by atoms with Gasteiger partial charge in [-0.2, -0.15) is 18.2 Å². The van der Waals surface area contributed by atoms with Gasteiger partial charge in [-0.3, -0.25) is 0 Å². The predicted octanol–water partition coefficient (Wildman–Crippen LogP) is 5.41. The molecule has 0 amide bonds. The van der Waals surface area contributed by atoms with E-state index in [1.807, 2.05) is 0 Å². The highest BCUT2D eigenvalue weighted by atomic mass is 35.5. The number of anilines is 3. The standard InChI is InChI=1S/C17H14ClF3N4O/c1-10-7-15(25-16(23-10)22-9-12-3-2-6-26-12)24-14-8-11(17(19,20)21)4-5-13(14)18/h2-8H,9H2,1H3,(H2,22,23,24,25). The van der Waals surface area contributed by atoms with Gasteiger partial charge in [-0.25, -0.2) is 4.98 Å². The average molecular weight is 383 g/mol. The second-order valence-electron chi connectivity index (χ2n) is 5.47. The minimum absolute atomic E-state index is 0.108. The van der Waals surface area contributed by atoms with Crippen molar-refractivity contribution in [3.8, 4) is 0 Å². The Labute approximate surface area is 152 Å². The normalized spacial score (nSPS) is 11.4. The summed E-state index contributed by atoms with van der Waals surface area (Å²) in [6, 6.07) is 8.22. The maximum atomic E-state index is 12.9. The number of aryl methyl sites for hydroxylation is 1. The van der Waals surface area contributed by atoms with Gasteiger partial charge < -0.3 is 15.1 Å². The molecule has 1 aromatic carbocycles. The first-order chi connectivity index (χ1) is 12.3.